The van der Waals surface area contributed by atoms with Gasteiger partial charge in [0.1, 0.15) is 0 Å². The Kier molecular flexibility index (Phi) is 3.24. The summed E-state index contributed by atoms with van der Waals surface area (Å²) < 4.78 is 1.11. The third kappa shape index (κ3) is 2.48. The van der Waals surface area contributed by atoms with Crippen LogP contribution >= 0.6 is 27.3 Å². The molecule has 78 valence electrons. The average Bonchev–Trinajstić information content (AvgIpc) is 2.66. The number of nitrogens with two attached hydrogens (primary N) is 1. The van der Waals surface area contributed by atoms with Crippen LogP contribution in [0.1, 0.15) is 17.8 Å². The minimum absolute atomic E-state index is 0.121. The Balaban J connectivity index is 2.37. The van der Waals surface area contributed by atoms with E-state index in [1.54, 1.807) is 11.3 Å². The summed E-state index contributed by atoms with van der Waals surface area (Å²) in [6.45, 7) is 2.01. The molecular formula is C12H12BrNS. The highest BCUT2D eigenvalue weighted by Gasteiger charge is 2.05. The van der Waals surface area contributed by atoms with Gasteiger partial charge in [0.2, 0.25) is 0 Å². The zero-order valence-corrected chi connectivity index (χ0v) is 10.8. The lowest BCUT2D eigenvalue weighted by molar-refractivity contribution is 0.838. The molecule has 1 nitrogen and oxygen atoms in total. The fourth-order valence-electron chi connectivity index (χ4n) is 1.39. The highest BCUT2D eigenvalue weighted by molar-refractivity contribution is 9.10. The Morgan fingerprint density at radius 3 is 2.67 bits per heavy atom. The molecule has 0 spiro atoms. The van der Waals surface area contributed by atoms with Crippen molar-refractivity contribution in [1.29, 1.82) is 0 Å². The van der Waals surface area contributed by atoms with Crippen molar-refractivity contribution in [3.63, 3.8) is 0 Å². The van der Waals surface area contributed by atoms with E-state index in [9.17, 15) is 0 Å². The van der Waals surface area contributed by atoms with Crippen molar-refractivity contribution >= 4 is 27.3 Å². The fourth-order valence-corrected chi connectivity index (χ4v) is 2.75. The molecule has 1 atom stereocenters. The van der Waals surface area contributed by atoms with Crippen LogP contribution in [0.2, 0.25) is 0 Å². The van der Waals surface area contributed by atoms with Crippen molar-refractivity contribution in [2.45, 2.75) is 13.0 Å². The fraction of sp³-hybridized carbons (Fsp3) is 0.167. The first-order valence-electron chi connectivity index (χ1n) is 4.78. The van der Waals surface area contributed by atoms with Gasteiger partial charge in [-0.25, -0.2) is 0 Å². The highest BCUT2D eigenvalue weighted by Crippen LogP contribution is 2.31. The first-order valence-corrected chi connectivity index (χ1v) is 6.39. The summed E-state index contributed by atoms with van der Waals surface area (Å²) in [5.41, 5.74) is 7.07. The quantitative estimate of drug-likeness (QED) is 0.877. The van der Waals surface area contributed by atoms with Gasteiger partial charge in [-0.15, -0.1) is 11.3 Å². The minimum Gasteiger partial charge on any atom is -0.324 e. The summed E-state index contributed by atoms with van der Waals surface area (Å²) in [5, 5.41) is 0. The second-order valence-electron chi connectivity index (χ2n) is 3.50. The van der Waals surface area contributed by atoms with Gasteiger partial charge in [0, 0.05) is 20.3 Å². The van der Waals surface area contributed by atoms with Gasteiger partial charge < -0.3 is 5.73 Å². The van der Waals surface area contributed by atoms with Crippen LogP contribution < -0.4 is 5.73 Å². The Hall–Kier alpha value is -0.640. The molecule has 2 N–H and O–H groups in total. The third-order valence-electron chi connectivity index (χ3n) is 2.18. The van der Waals surface area contributed by atoms with Crippen LogP contribution in [0.3, 0.4) is 0 Å². The van der Waals surface area contributed by atoms with Gasteiger partial charge in [0.05, 0.1) is 0 Å². The summed E-state index contributed by atoms with van der Waals surface area (Å²) in [5.74, 6) is 0. The monoisotopic (exact) mass is 281 g/mol. The average molecular weight is 282 g/mol. The van der Waals surface area contributed by atoms with Crippen LogP contribution in [0.15, 0.2) is 40.9 Å². The van der Waals surface area contributed by atoms with E-state index in [0.29, 0.717) is 0 Å². The molecule has 1 aromatic carbocycles. The van der Waals surface area contributed by atoms with Crippen LogP contribution in [0.5, 0.6) is 0 Å². The summed E-state index contributed by atoms with van der Waals surface area (Å²) in [6, 6.07) is 12.7. The molecule has 1 heterocycles. The largest absolute Gasteiger partial charge is 0.324 e. The Morgan fingerprint density at radius 1 is 1.27 bits per heavy atom. The van der Waals surface area contributed by atoms with E-state index >= 15 is 0 Å². The zero-order valence-electron chi connectivity index (χ0n) is 8.41. The van der Waals surface area contributed by atoms with Crippen LogP contribution in [0, 0.1) is 0 Å². The Labute approximate surface area is 102 Å². The van der Waals surface area contributed by atoms with Crippen molar-refractivity contribution in [2.75, 3.05) is 0 Å². The van der Waals surface area contributed by atoms with Crippen molar-refractivity contribution in [1.82, 2.24) is 0 Å². The Bertz CT molecular complexity index is 462. The maximum atomic E-state index is 5.84. The van der Waals surface area contributed by atoms with Crippen LogP contribution in [-0.4, -0.2) is 0 Å². The number of halogens is 1. The van der Waals surface area contributed by atoms with Crippen LogP contribution in [-0.2, 0) is 0 Å². The van der Waals surface area contributed by atoms with Gasteiger partial charge >= 0.3 is 0 Å². The molecule has 0 fully saturated rings. The SMILES string of the molecule is CC(N)c1ccc(-c2cccc(Br)c2)s1. The van der Waals surface area contributed by atoms with E-state index < -0.39 is 0 Å². The molecule has 0 bridgehead atoms. The lowest BCUT2D eigenvalue weighted by atomic mass is 10.2. The summed E-state index contributed by atoms with van der Waals surface area (Å²) in [7, 11) is 0. The maximum Gasteiger partial charge on any atom is 0.0361 e. The number of benzene rings is 1. The third-order valence-corrected chi connectivity index (χ3v) is 4.01. The number of rotatable bonds is 2. The molecule has 0 amide bonds. The second kappa shape index (κ2) is 4.47. The van der Waals surface area contributed by atoms with E-state index in [1.807, 2.05) is 19.1 Å². The number of hydrogen-bond donors (Lipinski definition) is 1. The molecule has 0 aliphatic rings. The topological polar surface area (TPSA) is 26.0 Å². The first-order chi connectivity index (χ1) is 7.16. The first kappa shape index (κ1) is 10.9. The minimum atomic E-state index is 0.121. The maximum absolute atomic E-state index is 5.84. The van der Waals surface area contributed by atoms with Gasteiger partial charge in [-0.3, -0.25) is 0 Å². The van der Waals surface area contributed by atoms with Gasteiger partial charge in [-0.05, 0) is 36.8 Å². The molecule has 0 aliphatic heterocycles. The molecule has 2 rings (SSSR count). The van der Waals surface area contributed by atoms with E-state index in [2.05, 4.69) is 40.2 Å². The molecule has 1 unspecified atom stereocenters. The van der Waals surface area contributed by atoms with E-state index in [1.165, 1.54) is 15.3 Å². The van der Waals surface area contributed by atoms with Gasteiger partial charge in [-0.2, -0.15) is 0 Å². The molecule has 1 aromatic heterocycles. The lowest BCUT2D eigenvalue weighted by Crippen LogP contribution is -2.01. The zero-order chi connectivity index (χ0) is 10.8. The summed E-state index contributed by atoms with van der Waals surface area (Å²) in [6.07, 6.45) is 0. The van der Waals surface area contributed by atoms with E-state index in [0.717, 1.165) is 4.47 Å². The molecule has 15 heavy (non-hydrogen) atoms. The summed E-state index contributed by atoms with van der Waals surface area (Å²) >= 11 is 5.23. The molecule has 0 radical (unpaired) electrons. The van der Waals surface area contributed by atoms with Crippen molar-refractivity contribution in [3.8, 4) is 10.4 Å². The van der Waals surface area contributed by atoms with Gasteiger partial charge in [0.15, 0.2) is 0 Å². The molecule has 2 aromatic rings. The second-order valence-corrected chi connectivity index (χ2v) is 5.53. The molecule has 0 saturated carbocycles. The molecular weight excluding hydrogens is 270 g/mol. The Morgan fingerprint density at radius 2 is 2.07 bits per heavy atom. The number of thiophene rings is 1. The van der Waals surface area contributed by atoms with Gasteiger partial charge in [-0.1, -0.05) is 28.1 Å². The molecule has 0 saturated heterocycles. The highest BCUT2D eigenvalue weighted by atomic mass is 79.9. The van der Waals surface area contributed by atoms with Crippen molar-refractivity contribution < 1.29 is 0 Å². The van der Waals surface area contributed by atoms with E-state index in [-0.39, 0.29) is 6.04 Å². The smallest absolute Gasteiger partial charge is 0.0361 e. The van der Waals surface area contributed by atoms with Crippen molar-refractivity contribution in [3.05, 3.63) is 45.7 Å². The molecule has 3 heteroatoms. The predicted molar refractivity (Wildman–Crippen MR) is 70.1 cm³/mol. The van der Waals surface area contributed by atoms with Crippen molar-refractivity contribution in [2.24, 2.45) is 5.73 Å². The number of hydrogen-bond acceptors (Lipinski definition) is 2. The van der Waals surface area contributed by atoms with Crippen LogP contribution in [0.25, 0.3) is 10.4 Å². The normalized spacial score (nSPS) is 12.7. The van der Waals surface area contributed by atoms with Gasteiger partial charge in [0.25, 0.3) is 0 Å². The summed E-state index contributed by atoms with van der Waals surface area (Å²) in [4.78, 5) is 2.49. The standard InChI is InChI=1S/C12H12BrNS/c1-8(14)11-5-6-12(15-11)9-3-2-4-10(13)7-9/h2-8H,14H2,1H3. The molecule has 0 aliphatic carbocycles. The van der Waals surface area contributed by atoms with Crippen LogP contribution in [0.4, 0.5) is 0 Å². The lowest BCUT2D eigenvalue weighted by Gasteiger charge is -2.00. The predicted octanol–water partition coefficient (Wildman–Crippen LogP) is 4.20. The van der Waals surface area contributed by atoms with E-state index in [4.69, 9.17) is 5.73 Å².